The lowest BCUT2D eigenvalue weighted by Crippen LogP contribution is -2.22. The highest BCUT2D eigenvalue weighted by atomic mass is 32.2. The van der Waals surface area contributed by atoms with Gasteiger partial charge in [-0.15, -0.1) is 6.58 Å². The number of carbonyl (C=O) groups excluding carboxylic acids is 2. The molecule has 94 valence electrons. The van der Waals surface area contributed by atoms with Crippen molar-refractivity contribution in [3.63, 3.8) is 0 Å². The third-order valence-corrected chi connectivity index (χ3v) is 4.13. The molecule has 4 heteroatoms. The molecule has 0 N–H and O–H groups in total. The van der Waals surface area contributed by atoms with Crippen LogP contribution in [-0.4, -0.2) is 16.1 Å². The number of imide groups is 1. The van der Waals surface area contributed by atoms with Crippen LogP contribution in [0.25, 0.3) is 0 Å². The summed E-state index contributed by atoms with van der Waals surface area (Å²) < 4.78 is 1.31. The van der Waals surface area contributed by atoms with E-state index >= 15 is 0 Å². The van der Waals surface area contributed by atoms with E-state index in [2.05, 4.69) is 6.58 Å². The summed E-state index contributed by atoms with van der Waals surface area (Å²) in [5.74, 6) is -0.176. The van der Waals surface area contributed by atoms with Crippen LogP contribution in [0.5, 0.6) is 0 Å². The van der Waals surface area contributed by atoms with Gasteiger partial charge in [0.25, 0.3) is 0 Å². The monoisotopic (exact) mass is 261 g/mol. The summed E-state index contributed by atoms with van der Waals surface area (Å²) in [5, 5.41) is 0.0645. The molecule has 3 nitrogen and oxygen atoms in total. The maximum absolute atomic E-state index is 11.6. The van der Waals surface area contributed by atoms with Crippen LogP contribution in [-0.2, 0) is 9.59 Å². The van der Waals surface area contributed by atoms with Crippen LogP contribution in [0.2, 0.25) is 0 Å². The van der Waals surface area contributed by atoms with Crippen molar-refractivity contribution in [3.8, 4) is 0 Å². The molecule has 0 bridgehead atoms. The van der Waals surface area contributed by atoms with E-state index in [0.29, 0.717) is 12.8 Å². The maximum Gasteiger partial charge on any atom is 0.239 e. The van der Waals surface area contributed by atoms with E-state index in [9.17, 15) is 9.59 Å². The third kappa shape index (κ3) is 2.82. The minimum absolute atomic E-state index is 0.0645. The van der Waals surface area contributed by atoms with Gasteiger partial charge < -0.3 is 0 Å². The number of rotatable bonds is 5. The summed E-state index contributed by atoms with van der Waals surface area (Å²) in [6, 6.07) is 9.88. The quantitative estimate of drug-likeness (QED) is 0.464. The minimum atomic E-state index is -0.0880. The van der Waals surface area contributed by atoms with Crippen molar-refractivity contribution in [2.24, 2.45) is 0 Å². The predicted molar refractivity (Wildman–Crippen MR) is 72.7 cm³/mol. The average Bonchev–Trinajstić information content (AvgIpc) is 2.71. The highest BCUT2D eigenvalue weighted by Crippen LogP contribution is 2.37. The molecule has 0 saturated carbocycles. The normalized spacial score (nSPS) is 17.0. The molecule has 0 spiro atoms. The van der Waals surface area contributed by atoms with Crippen LogP contribution in [0.15, 0.2) is 43.0 Å². The van der Waals surface area contributed by atoms with E-state index in [-0.39, 0.29) is 17.1 Å². The van der Waals surface area contributed by atoms with Crippen LogP contribution < -0.4 is 0 Å². The molecule has 0 radical (unpaired) electrons. The maximum atomic E-state index is 11.6. The molecule has 1 fully saturated rings. The first-order chi connectivity index (χ1) is 8.72. The number of carbonyl (C=O) groups is 2. The highest BCUT2D eigenvalue weighted by molar-refractivity contribution is 7.98. The molecule has 1 unspecified atom stereocenters. The largest absolute Gasteiger partial charge is 0.273 e. The summed E-state index contributed by atoms with van der Waals surface area (Å²) in [7, 11) is 0. The Morgan fingerprint density at radius 3 is 2.39 bits per heavy atom. The van der Waals surface area contributed by atoms with Crippen molar-refractivity contribution < 1.29 is 9.59 Å². The van der Waals surface area contributed by atoms with E-state index in [1.807, 2.05) is 36.4 Å². The third-order valence-electron chi connectivity index (χ3n) is 2.79. The lowest BCUT2D eigenvalue weighted by Gasteiger charge is -2.20. The molecule has 1 heterocycles. The van der Waals surface area contributed by atoms with E-state index in [1.54, 1.807) is 0 Å². The lowest BCUT2D eigenvalue weighted by atomic mass is 10.1. The Labute approximate surface area is 111 Å². The second-order valence-electron chi connectivity index (χ2n) is 4.11. The topological polar surface area (TPSA) is 37.4 Å². The van der Waals surface area contributed by atoms with Crippen molar-refractivity contribution in [2.75, 3.05) is 0 Å². The fraction of sp³-hybridized carbons (Fsp3) is 0.286. The van der Waals surface area contributed by atoms with Gasteiger partial charge in [-0.1, -0.05) is 36.4 Å². The van der Waals surface area contributed by atoms with Gasteiger partial charge in [-0.2, -0.15) is 0 Å². The zero-order valence-electron chi connectivity index (χ0n) is 10.0. The average molecular weight is 261 g/mol. The smallest absolute Gasteiger partial charge is 0.239 e. The number of allylic oxidation sites excluding steroid dienone is 1. The molecule has 1 aromatic rings. The fourth-order valence-electron chi connectivity index (χ4n) is 1.86. The molecule has 0 aliphatic carbocycles. The molecule has 1 aliphatic rings. The van der Waals surface area contributed by atoms with Gasteiger partial charge in [0, 0.05) is 12.8 Å². The van der Waals surface area contributed by atoms with Gasteiger partial charge in [0.1, 0.15) is 0 Å². The van der Waals surface area contributed by atoms with Gasteiger partial charge in [0.15, 0.2) is 0 Å². The summed E-state index contributed by atoms with van der Waals surface area (Å²) in [6.45, 7) is 3.74. The molecule has 2 rings (SSSR count). The van der Waals surface area contributed by atoms with Crippen LogP contribution in [0.4, 0.5) is 0 Å². The molecule has 0 aromatic heterocycles. The van der Waals surface area contributed by atoms with Gasteiger partial charge in [-0.3, -0.25) is 9.59 Å². The molecular weight excluding hydrogens is 246 g/mol. The molecule has 1 atom stereocenters. The van der Waals surface area contributed by atoms with Crippen molar-refractivity contribution in [1.29, 1.82) is 0 Å². The zero-order chi connectivity index (χ0) is 13.0. The molecule has 18 heavy (non-hydrogen) atoms. The lowest BCUT2D eigenvalue weighted by molar-refractivity contribution is -0.131. The van der Waals surface area contributed by atoms with Crippen molar-refractivity contribution in [3.05, 3.63) is 48.6 Å². The SMILES string of the molecule is C=CCC(SN1C(=O)CCC1=O)c1ccccc1. The number of nitrogens with zero attached hydrogens (tertiary/aromatic N) is 1. The summed E-state index contributed by atoms with van der Waals surface area (Å²) in [6.07, 6.45) is 3.21. The summed E-state index contributed by atoms with van der Waals surface area (Å²) in [5.41, 5.74) is 1.11. The van der Waals surface area contributed by atoms with E-state index < -0.39 is 0 Å². The molecular formula is C14H15NO2S. The molecule has 2 amide bonds. The van der Waals surface area contributed by atoms with Gasteiger partial charge in [-0.05, 0) is 23.9 Å². The molecule has 1 saturated heterocycles. The second-order valence-corrected chi connectivity index (χ2v) is 5.26. The Balaban J connectivity index is 2.14. The first kappa shape index (κ1) is 12.9. The van der Waals surface area contributed by atoms with Crippen LogP contribution in [0.1, 0.15) is 30.1 Å². The number of amides is 2. The predicted octanol–water partition coefficient (Wildman–Crippen LogP) is 3.10. The van der Waals surface area contributed by atoms with Gasteiger partial charge in [0.2, 0.25) is 11.8 Å². The Kier molecular flexibility index (Phi) is 4.20. The van der Waals surface area contributed by atoms with Crippen molar-refractivity contribution >= 4 is 23.8 Å². The molecule has 1 aromatic carbocycles. The van der Waals surface area contributed by atoms with Gasteiger partial charge in [-0.25, -0.2) is 4.31 Å². The Morgan fingerprint density at radius 1 is 1.22 bits per heavy atom. The number of hydrogen-bond acceptors (Lipinski definition) is 3. The first-order valence-electron chi connectivity index (χ1n) is 5.90. The Hall–Kier alpha value is -1.55. The number of benzene rings is 1. The molecule has 1 aliphatic heterocycles. The van der Waals surface area contributed by atoms with Crippen LogP contribution in [0, 0.1) is 0 Å². The summed E-state index contributed by atoms with van der Waals surface area (Å²) in [4.78, 5) is 23.2. The van der Waals surface area contributed by atoms with E-state index in [0.717, 1.165) is 12.0 Å². The zero-order valence-corrected chi connectivity index (χ0v) is 10.9. The van der Waals surface area contributed by atoms with Crippen molar-refractivity contribution in [2.45, 2.75) is 24.5 Å². The minimum Gasteiger partial charge on any atom is -0.273 e. The van der Waals surface area contributed by atoms with E-state index in [1.165, 1.54) is 16.3 Å². The number of hydrogen-bond donors (Lipinski definition) is 0. The Bertz CT molecular complexity index is 442. The van der Waals surface area contributed by atoms with Crippen molar-refractivity contribution in [1.82, 2.24) is 4.31 Å². The van der Waals surface area contributed by atoms with E-state index in [4.69, 9.17) is 0 Å². The second kappa shape index (κ2) is 5.87. The first-order valence-corrected chi connectivity index (χ1v) is 6.74. The highest BCUT2D eigenvalue weighted by Gasteiger charge is 2.32. The van der Waals surface area contributed by atoms with Gasteiger partial charge >= 0.3 is 0 Å². The fourth-order valence-corrected chi connectivity index (χ4v) is 3.03. The van der Waals surface area contributed by atoms with Crippen LogP contribution >= 0.6 is 11.9 Å². The van der Waals surface area contributed by atoms with Gasteiger partial charge in [0.05, 0.1) is 5.25 Å². The summed E-state index contributed by atoms with van der Waals surface area (Å²) >= 11 is 1.31. The van der Waals surface area contributed by atoms with Crippen LogP contribution in [0.3, 0.4) is 0 Å². The standard InChI is InChI=1S/C14H15NO2S/c1-2-6-12(11-7-4-3-5-8-11)18-15-13(16)9-10-14(15)17/h2-5,7-8,12H,1,6,9-10H2. The Morgan fingerprint density at radius 2 is 1.83 bits per heavy atom.